The Morgan fingerprint density at radius 1 is 1.00 bits per heavy atom. The molecule has 2 aromatic carbocycles. The molecule has 0 saturated heterocycles. The Bertz CT molecular complexity index is 600. The molecule has 0 radical (unpaired) electrons. The zero-order valence-corrected chi connectivity index (χ0v) is 15.9. The number of rotatable bonds is 5. The molecule has 2 aromatic rings. The predicted octanol–water partition coefficient (Wildman–Crippen LogP) is 5.17. The Morgan fingerprint density at radius 2 is 1.67 bits per heavy atom. The number of anilines is 1. The average Bonchev–Trinajstić information content (AvgIpc) is 2.45. The van der Waals surface area contributed by atoms with Crippen LogP contribution in [0.25, 0.3) is 0 Å². The summed E-state index contributed by atoms with van der Waals surface area (Å²) in [4.78, 5) is 0. The van der Waals surface area contributed by atoms with Crippen LogP contribution >= 0.6 is 15.9 Å². The van der Waals surface area contributed by atoms with Crippen LogP contribution in [0.1, 0.15) is 18.1 Å². The largest absolute Gasteiger partial charge is 0.381 e. The fourth-order valence-corrected chi connectivity index (χ4v) is 3.92. The van der Waals surface area contributed by atoms with E-state index in [1.54, 1.807) is 0 Å². The van der Waals surface area contributed by atoms with Gasteiger partial charge in [-0.15, -0.1) is 0 Å². The van der Waals surface area contributed by atoms with Crippen molar-refractivity contribution in [3.05, 3.63) is 58.1 Å². The smallest absolute Gasteiger partial charge is 0.0775 e. The van der Waals surface area contributed by atoms with Crippen molar-refractivity contribution in [3.63, 3.8) is 0 Å². The van der Waals surface area contributed by atoms with Crippen LogP contribution in [0.2, 0.25) is 19.6 Å². The maximum atomic E-state index is 3.56. The minimum Gasteiger partial charge on any atom is -0.381 e. The van der Waals surface area contributed by atoms with Crippen molar-refractivity contribution >= 4 is 34.9 Å². The maximum absolute atomic E-state index is 3.56. The van der Waals surface area contributed by atoms with Crippen molar-refractivity contribution in [2.24, 2.45) is 0 Å². The predicted molar refractivity (Wildman–Crippen MR) is 100 cm³/mol. The highest BCUT2D eigenvalue weighted by Crippen LogP contribution is 2.22. The number of aryl methyl sites for hydroxylation is 1. The second-order valence-corrected chi connectivity index (χ2v) is 12.4. The minimum atomic E-state index is -1.19. The van der Waals surface area contributed by atoms with Gasteiger partial charge in [0, 0.05) is 16.7 Å². The highest BCUT2D eigenvalue weighted by Gasteiger charge is 2.15. The van der Waals surface area contributed by atoms with Crippen LogP contribution in [-0.2, 0) is 13.0 Å². The molecule has 2 rings (SSSR count). The van der Waals surface area contributed by atoms with E-state index in [0.29, 0.717) is 0 Å². The molecule has 0 aromatic heterocycles. The Balaban J connectivity index is 2.07. The quantitative estimate of drug-likeness (QED) is 0.724. The van der Waals surface area contributed by atoms with Crippen molar-refractivity contribution in [2.45, 2.75) is 39.5 Å². The Hall–Kier alpha value is -1.06. The lowest BCUT2D eigenvalue weighted by Crippen LogP contribution is -2.37. The first-order chi connectivity index (χ1) is 9.90. The molecule has 0 aliphatic heterocycles. The number of nitrogens with one attached hydrogen (secondary N) is 1. The van der Waals surface area contributed by atoms with E-state index in [4.69, 9.17) is 0 Å². The second kappa shape index (κ2) is 6.80. The molecule has 0 aliphatic rings. The number of halogens is 1. The number of hydrogen-bond donors (Lipinski definition) is 1. The lowest BCUT2D eigenvalue weighted by molar-refractivity contribution is 1.09. The first kappa shape index (κ1) is 16.3. The third-order valence-electron chi connectivity index (χ3n) is 3.75. The summed E-state index contributed by atoms with van der Waals surface area (Å²) < 4.78 is 1.14. The van der Waals surface area contributed by atoms with Gasteiger partial charge >= 0.3 is 0 Å². The van der Waals surface area contributed by atoms with Gasteiger partial charge in [-0.05, 0) is 35.7 Å². The van der Waals surface area contributed by atoms with E-state index in [2.05, 4.69) is 90.3 Å². The highest BCUT2D eigenvalue weighted by molar-refractivity contribution is 9.10. The molecule has 1 nitrogen and oxygen atoms in total. The van der Waals surface area contributed by atoms with Gasteiger partial charge in [0.25, 0.3) is 0 Å². The van der Waals surface area contributed by atoms with Gasteiger partial charge in [0.05, 0.1) is 8.07 Å². The van der Waals surface area contributed by atoms with E-state index in [1.165, 1.54) is 22.0 Å². The van der Waals surface area contributed by atoms with E-state index < -0.39 is 8.07 Å². The Labute approximate surface area is 137 Å². The number of benzene rings is 2. The van der Waals surface area contributed by atoms with Gasteiger partial charge in [-0.2, -0.15) is 0 Å². The van der Waals surface area contributed by atoms with Gasteiger partial charge < -0.3 is 5.32 Å². The molecule has 0 atom stereocenters. The SMILES string of the molecule is CCc1cc(Br)ccc1NCc1ccc([Si](C)(C)C)cc1. The molecule has 0 aliphatic carbocycles. The van der Waals surface area contributed by atoms with Crippen LogP contribution < -0.4 is 10.5 Å². The fourth-order valence-electron chi connectivity index (χ4n) is 2.35. The van der Waals surface area contributed by atoms with E-state index in [-0.39, 0.29) is 0 Å². The molecule has 0 bridgehead atoms. The standard InChI is InChI=1S/C18H24BrNSi/c1-5-15-12-16(19)8-11-18(15)20-13-14-6-9-17(10-7-14)21(2,3)4/h6-12,20H,5,13H2,1-4H3. The van der Waals surface area contributed by atoms with Gasteiger partial charge in [-0.3, -0.25) is 0 Å². The van der Waals surface area contributed by atoms with Crippen LogP contribution in [-0.4, -0.2) is 8.07 Å². The Morgan fingerprint density at radius 3 is 2.24 bits per heavy atom. The van der Waals surface area contributed by atoms with Crippen molar-refractivity contribution in [3.8, 4) is 0 Å². The van der Waals surface area contributed by atoms with Crippen molar-refractivity contribution in [1.82, 2.24) is 0 Å². The molecule has 0 spiro atoms. The molecule has 0 fully saturated rings. The van der Waals surface area contributed by atoms with Gasteiger partial charge in [0.15, 0.2) is 0 Å². The molecule has 1 N–H and O–H groups in total. The summed E-state index contributed by atoms with van der Waals surface area (Å²) in [5.74, 6) is 0. The molecule has 0 unspecified atom stereocenters. The third-order valence-corrected chi connectivity index (χ3v) is 6.31. The normalized spacial score (nSPS) is 11.5. The first-order valence-corrected chi connectivity index (χ1v) is 11.8. The fraction of sp³-hybridized carbons (Fsp3) is 0.333. The van der Waals surface area contributed by atoms with E-state index in [1.807, 2.05) is 0 Å². The molecule has 0 amide bonds. The number of hydrogen-bond acceptors (Lipinski definition) is 1. The van der Waals surface area contributed by atoms with Crippen molar-refractivity contribution in [1.29, 1.82) is 0 Å². The summed E-state index contributed by atoms with van der Waals surface area (Å²) in [6, 6.07) is 15.5. The zero-order chi connectivity index (χ0) is 15.5. The molecule has 3 heteroatoms. The summed E-state index contributed by atoms with van der Waals surface area (Å²) in [5, 5.41) is 5.07. The topological polar surface area (TPSA) is 12.0 Å². The lowest BCUT2D eigenvalue weighted by Gasteiger charge is -2.17. The van der Waals surface area contributed by atoms with Crippen LogP contribution in [0.4, 0.5) is 5.69 Å². The minimum absolute atomic E-state index is 0.876. The van der Waals surface area contributed by atoms with Gasteiger partial charge in [-0.1, -0.05) is 71.9 Å². The zero-order valence-electron chi connectivity index (χ0n) is 13.3. The molecule has 112 valence electrons. The average molecular weight is 362 g/mol. The van der Waals surface area contributed by atoms with Gasteiger partial charge in [0.1, 0.15) is 0 Å². The molecular weight excluding hydrogens is 338 g/mol. The molecule has 21 heavy (non-hydrogen) atoms. The lowest BCUT2D eigenvalue weighted by atomic mass is 10.1. The first-order valence-electron chi connectivity index (χ1n) is 7.52. The highest BCUT2D eigenvalue weighted by atomic mass is 79.9. The maximum Gasteiger partial charge on any atom is 0.0775 e. The van der Waals surface area contributed by atoms with Crippen molar-refractivity contribution in [2.75, 3.05) is 5.32 Å². The van der Waals surface area contributed by atoms with E-state index in [9.17, 15) is 0 Å². The van der Waals surface area contributed by atoms with E-state index in [0.717, 1.165) is 17.4 Å². The summed E-state index contributed by atoms with van der Waals surface area (Å²) in [6.45, 7) is 10.2. The van der Waals surface area contributed by atoms with Gasteiger partial charge in [-0.25, -0.2) is 0 Å². The van der Waals surface area contributed by atoms with Crippen LogP contribution in [0.5, 0.6) is 0 Å². The van der Waals surface area contributed by atoms with Crippen LogP contribution in [0, 0.1) is 0 Å². The molecule has 0 heterocycles. The van der Waals surface area contributed by atoms with Crippen LogP contribution in [0.15, 0.2) is 46.9 Å². The second-order valence-electron chi connectivity index (χ2n) is 6.46. The van der Waals surface area contributed by atoms with Crippen molar-refractivity contribution < 1.29 is 0 Å². The third kappa shape index (κ3) is 4.45. The summed E-state index contributed by atoms with van der Waals surface area (Å²) in [5.41, 5.74) is 3.92. The summed E-state index contributed by atoms with van der Waals surface area (Å²) in [7, 11) is -1.19. The molecule has 0 saturated carbocycles. The Kier molecular flexibility index (Phi) is 5.28. The summed E-state index contributed by atoms with van der Waals surface area (Å²) >= 11 is 3.54. The summed E-state index contributed by atoms with van der Waals surface area (Å²) in [6.07, 6.45) is 1.04. The van der Waals surface area contributed by atoms with Gasteiger partial charge in [0.2, 0.25) is 0 Å². The van der Waals surface area contributed by atoms with Crippen LogP contribution in [0.3, 0.4) is 0 Å². The monoisotopic (exact) mass is 361 g/mol. The van der Waals surface area contributed by atoms with E-state index >= 15 is 0 Å². The molecular formula is C18H24BrNSi.